The Morgan fingerprint density at radius 1 is 0.889 bits per heavy atom. The summed E-state index contributed by atoms with van der Waals surface area (Å²) in [5.41, 5.74) is 0. The molecule has 0 aromatic rings. The molecule has 4 fully saturated rings. The fourth-order valence-electron chi connectivity index (χ4n) is 5.02. The highest BCUT2D eigenvalue weighted by Crippen LogP contribution is 2.45. The smallest absolute Gasteiger partial charge is 0.190 e. The SMILES string of the molecule is CC1(C)OC2O[C@H](C(CCO)NC3CCCCC3)C3OC(C)(C)OC3C2O1. The van der Waals surface area contributed by atoms with E-state index < -0.39 is 17.9 Å². The van der Waals surface area contributed by atoms with Gasteiger partial charge in [0.1, 0.15) is 24.4 Å². The lowest BCUT2D eigenvalue weighted by Gasteiger charge is -2.42. The van der Waals surface area contributed by atoms with E-state index in [1.807, 2.05) is 27.7 Å². The highest BCUT2D eigenvalue weighted by atomic mass is 16.9. The van der Waals surface area contributed by atoms with Crippen molar-refractivity contribution in [1.29, 1.82) is 0 Å². The summed E-state index contributed by atoms with van der Waals surface area (Å²) in [6, 6.07) is 0.443. The van der Waals surface area contributed by atoms with Gasteiger partial charge in [0.15, 0.2) is 17.9 Å². The molecule has 0 aromatic heterocycles. The molecule has 27 heavy (non-hydrogen) atoms. The second kappa shape index (κ2) is 7.52. The zero-order chi connectivity index (χ0) is 19.2. The van der Waals surface area contributed by atoms with Gasteiger partial charge in [0, 0.05) is 18.7 Å². The van der Waals surface area contributed by atoms with Crippen LogP contribution >= 0.6 is 0 Å². The monoisotopic (exact) mass is 385 g/mol. The van der Waals surface area contributed by atoms with Crippen molar-refractivity contribution in [3.05, 3.63) is 0 Å². The van der Waals surface area contributed by atoms with Crippen LogP contribution in [0.5, 0.6) is 0 Å². The molecule has 7 heteroatoms. The standard InChI is InChI=1S/C20H35NO6/c1-19(2)24-15-14(13(10-11-22)21-12-8-6-5-7-9-12)23-18-17(16(15)25-19)26-20(3,4)27-18/h12-18,21-22H,5-11H2,1-4H3/t13?,14-,15?,16?,17?,18?/m1/s1. The summed E-state index contributed by atoms with van der Waals surface area (Å²) < 4.78 is 30.9. The highest BCUT2D eigenvalue weighted by Gasteiger charge is 2.61. The molecule has 5 unspecified atom stereocenters. The van der Waals surface area contributed by atoms with Crippen molar-refractivity contribution in [3.8, 4) is 0 Å². The maximum atomic E-state index is 9.69. The molecule has 2 N–H and O–H groups in total. The Hall–Kier alpha value is -0.280. The molecule has 0 amide bonds. The molecule has 1 saturated carbocycles. The molecule has 4 rings (SSSR count). The lowest BCUT2D eigenvalue weighted by molar-refractivity contribution is -0.241. The fraction of sp³-hybridized carbons (Fsp3) is 1.00. The Balaban J connectivity index is 1.55. The predicted octanol–water partition coefficient (Wildman–Crippen LogP) is 2.06. The van der Waals surface area contributed by atoms with Crippen LogP contribution in [0.2, 0.25) is 0 Å². The first-order chi connectivity index (χ1) is 12.8. The summed E-state index contributed by atoms with van der Waals surface area (Å²) in [6.45, 7) is 7.74. The van der Waals surface area contributed by atoms with Gasteiger partial charge in [-0.2, -0.15) is 0 Å². The molecular formula is C20H35NO6. The van der Waals surface area contributed by atoms with Gasteiger partial charge in [-0.3, -0.25) is 0 Å². The number of hydrogen-bond acceptors (Lipinski definition) is 7. The molecule has 6 atom stereocenters. The van der Waals surface area contributed by atoms with Crippen molar-refractivity contribution in [2.24, 2.45) is 0 Å². The third-order valence-electron chi connectivity index (χ3n) is 6.08. The van der Waals surface area contributed by atoms with E-state index in [4.69, 9.17) is 23.7 Å². The normalized spacial score (nSPS) is 41.9. The van der Waals surface area contributed by atoms with Crippen LogP contribution in [0.1, 0.15) is 66.2 Å². The van der Waals surface area contributed by atoms with Crippen LogP contribution in [-0.2, 0) is 23.7 Å². The molecule has 3 saturated heterocycles. The zero-order valence-electron chi connectivity index (χ0n) is 17.0. The first kappa shape index (κ1) is 20.0. The zero-order valence-corrected chi connectivity index (χ0v) is 17.0. The first-order valence-corrected chi connectivity index (χ1v) is 10.5. The van der Waals surface area contributed by atoms with E-state index in [0.29, 0.717) is 12.5 Å². The van der Waals surface area contributed by atoms with Crippen LogP contribution in [0.15, 0.2) is 0 Å². The number of ether oxygens (including phenoxy) is 5. The lowest BCUT2D eigenvalue weighted by atomic mass is 9.90. The molecule has 4 aliphatic rings. The van der Waals surface area contributed by atoms with E-state index >= 15 is 0 Å². The molecule has 1 aliphatic carbocycles. The van der Waals surface area contributed by atoms with E-state index in [1.165, 1.54) is 32.1 Å². The molecule has 0 spiro atoms. The van der Waals surface area contributed by atoms with Crippen molar-refractivity contribution in [1.82, 2.24) is 5.32 Å². The van der Waals surface area contributed by atoms with Gasteiger partial charge < -0.3 is 34.1 Å². The third-order valence-corrected chi connectivity index (χ3v) is 6.08. The third kappa shape index (κ3) is 4.20. The van der Waals surface area contributed by atoms with Gasteiger partial charge in [-0.25, -0.2) is 0 Å². The van der Waals surface area contributed by atoms with Crippen LogP contribution < -0.4 is 5.32 Å². The average molecular weight is 386 g/mol. The number of fused-ring (bicyclic) bond motifs is 3. The van der Waals surface area contributed by atoms with Crippen LogP contribution in [0.25, 0.3) is 0 Å². The fourth-order valence-corrected chi connectivity index (χ4v) is 5.02. The Morgan fingerprint density at radius 3 is 2.22 bits per heavy atom. The Labute approximate surface area is 162 Å². The van der Waals surface area contributed by atoms with Crippen molar-refractivity contribution in [2.75, 3.05) is 6.61 Å². The van der Waals surface area contributed by atoms with Crippen LogP contribution in [-0.4, -0.2) is 66.1 Å². The molecule has 3 aliphatic heterocycles. The number of hydrogen-bond donors (Lipinski definition) is 2. The highest BCUT2D eigenvalue weighted by molar-refractivity contribution is 5.03. The topological polar surface area (TPSA) is 78.4 Å². The van der Waals surface area contributed by atoms with Gasteiger partial charge in [-0.15, -0.1) is 0 Å². The van der Waals surface area contributed by atoms with Crippen molar-refractivity contribution in [2.45, 2.75) is 121 Å². The minimum atomic E-state index is -0.714. The predicted molar refractivity (Wildman–Crippen MR) is 98.0 cm³/mol. The minimum Gasteiger partial charge on any atom is -0.396 e. The Bertz CT molecular complexity index is 521. The summed E-state index contributed by atoms with van der Waals surface area (Å²) in [6.07, 6.45) is 5.20. The van der Waals surface area contributed by atoms with E-state index in [2.05, 4.69) is 5.32 Å². The molecule has 7 nitrogen and oxygen atoms in total. The summed E-state index contributed by atoms with van der Waals surface area (Å²) in [7, 11) is 0. The van der Waals surface area contributed by atoms with Gasteiger partial charge in [0.2, 0.25) is 0 Å². The van der Waals surface area contributed by atoms with E-state index in [0.717, 1.165) is 0 Å². The Kier molecular flexibility index (Phi) is 5.57. The summed E-state index contributed by atoms with van der Waals surface area (Å²) >= 11 is 0. The molecule has 0 bridgehead atoms. The van der Waals surface area contributed by atoms with Crippen LogP contribution in [0.4, 0.5) is 0 Å². The number of aliphatic hydroxyl groups is 1. The quantitative estimate of drug-likeness (QED) is 0.750. The number of rotatable bonds is 5. The van der Waals surface area contributed by atoms with Crippen molar-refractivity contribution in [3.63, 3.8) is 0 Å². The second-order valence-electron chi connectivity index (χ2n) is 9.25. The lowest BCUT2D eigenvalue weighted by Crippen LogP contribution is -2.62. The van der Waals surface area contributed by atoms with E-state index in [-0.39, 0.29) is 37.1 Å². The molecular weight excluding hydrogens is 350 g/mol. The van der Waals surface area contributed by atoms with Crippen molar-refractivity contribution < 1.29 is 28.8 Å². The van der Waals surface area contributed by atoms with Crippen LogP contribution in [0.3, 0.4) is 0 Å². The van der Waals surface area contributed by atoms with Crippen molar-refractivity contribution >= 4 is 0 Å². The Morgan fingerprint density at radius 2 is 1.52 bits per heavy atom. The van der Waals surface area contributed by atoms with Gasteiger partial charge in [-0.05, 0) is 47.0 Å². The van der Waals surface area contributed by atoms with E-state index in [9.17, 15) is 5.11 Å². The van der Waals surface area contributed by atoms with Gasteiger partial charge in [0.05, 0.1) is 0 Å². The van der Waals surface area contributed by atoms with Gasteiger partial charge in [-0.1, -0.05) is 19.3 Å². The van der Waals surface area contributed by atoms with E-state index in [1.54, 1.807) is 0 Å². The summed E-state index contributed by atoms with van der Waals surface area (Å²) in [5, 5.41) is 13.4. The average Bonchev–Trinajstić information content (AvgIpc) is 3.08. The van der Waals surface area contributed by atoms with Crippen LogP contribution in [0, 0.1) is 0 Å². The number of aliphatic hydroxyl groups excluding tert-OH is 1. The minimum absolute atomic E-state index is 0.0173. The molecule has 0 aromatic carbocycles. The summed E-state index contributed by atoms with van der Waals surface area (Å²) in [4.78, 5) is 0. The molecule has 3 heterocycles. The second-order valence-corrected chi connectivity index (χ2v) is 9.25. The van der Waals surface area contributed by atoms with Gasteiger partial charge >= 0.3 is 0 Å². The molecule has 0 radical (unpaired) electrons. The maximum absolute atomic E-state index is 9.69. The largest absolute Gasteiger partial charge is 0.396 e. The molecule has 156 valence electrons. The summed E-state index contributed by atoms with van der Waals surface area (Å²) in [5.74, 6) is -1.41. The number of nitrogens with one attached hydrogen (secondary N) is 1. The first-order valence-electron chi connectivity index (χ1n) is 10.5. The maximum Gasteiger partial charge on any atom is 0.190 e. The van der Waals surface area contributed by atoms with Gasteiger partial charge in [0.25, 0.3) is 0 Å².